The molecule has 0 amide bonds. The highest BCUT2D eigenvalue weighted by molar-refractivity contribution is 5.90. The molecule has 0 bridgehead atoms. The fourth-order valence-electron chi connectivity index (χ4n) is 1.51. The van der Waals surface area contributed by atoms with E-state index in [1.54, 1.807) is 19.2 Å². The predicted octanol–water partition coefficient (Wildman–Crippen LogP) is 2.57. The van der Waals surface area contributed by atoms with Crippen LogP contribution in [-0.4, -0.2) is 19.7 Å². The highest BCUT2D eigenvalue weighted by Crippen LogP contribution is 2.29. The molecular formula is C13H16O3. The van der Waals surface area contributed by atoms with Crippen LogP contribution in [0, 0.1) is 12.8 Å². The molecule has 1 saturated carbocycles. The van der Waals surface area contributed by atoms with Gasteiger partial charge in [0, 0.05) is 0 Å². The van der Waals surface area contributed by atoms with Crippen molar-refractivity contribution in [3.63, 3.8) is 0 Å². The van der Waals surface area contributed by atoms with Crippen LogP contribution in [-0.2, 0) is 4.74 Å². The van der Waals surface area contributed by atoms with Crippen LogP contribution in [0.4, 0.5) is 0 Å². The van der Waals surface area contributed by atoms with E-state index in [4.69, 9.17) is 9.47 Å². The molecule has 0 saturated heterocycles. The maximum atomic E-state index is 11.7. The highest BCUT2D eigenvalue weighted by atomic mass is 16.5. The van der Waals surface area contributed by atoms with Gasteiger partial charge in [-0.2, -0.15) is 0 Å². The minimum Gasteiger partial charge on any atom is -0.496 e. The van der Waals surface area contributed by atoms with Crippen LogP contribution >= 0.6 is 0 Å². The van der Waals surface area contributed by atoms with Crippen molar-refractivity contribution in [2.75, 3.05) is 13.7 Å². The van der Waals surface area contributed by atoms with Gasteiger partial charge in [0.1, 0.15) is 5.75 Å². The Labute approximate surface area is 95.4 Å². The van der Waals surface area contributed by atoms with Crippen molar-refractivity contribution in [1.29, 1.82) is 0 Å². The first kappa shape index (κ1) is 11.0. The van der Waals surface area contributed by atoms with E-state index in [1.165, 1.54) is 12.8 Å². The van der Waals surface area contributed by atoms with Gasteiger partial charge in [0.25, 0.3) is 0 Å². The van der Waals surface area contributed by atoms with Gasteiger partial charge in [0.05, 0.1) is 19.3 Å². The number of aryl methyl sites for hydroxylation is 1. The standard InChI is InChI=1S/C13H16O3/c1-9-3-6-11(7-12(9)15-2)13(14)16-8-10-4-5-10/h3,6-7,10H,4-5,8H2,1-2H3. The lowest BCUT2D eigenvalue weighted by molar-refractivity contribution is 0.0485. The summed E-state index contributed by atoms with van der Waals surface area (Å²) in [5.74, 6) is 1.06. The Morgan fingerprint density at radius 3 is 2.81 bits per heavy atom. The smallest absolute Gasteiger partial charge is 0.338 e. The quantitative estimate of drug-likeness (QED) is 0.731. The third kappa shape index (κ3) is 2.54. The van der Waals surface area contributed by atoms with Crippen molar-refractivity contribution in [1.82, 2.24) is 0 Å². The summed E-state index contributed by atoms with van der Waals surface area (Å²) in [7, 11) is 1.60. The third-order valence-electron chi connectivity index (χ3n) is 2.79. The maximum Gasteiger partial charge on any atom is 0.338 e. The molecule has 0 heterocycles. The molecule has 2 rings (SSSR count). The second-order valence-corrected chi connectivity index (χ2v) is 4.23. The number of esters is 1. The van der Waals surface area contributed by atoms with Gasteiger partial charge in [0.2, 0.25) is 0 Å². The van der Waals surface area contributed by atoms with E-state index in [0.29, 0.717) is 18.1 Å². The van der Waals surface area contributed by atoms with E-state index in [2.05, 4.69) is 0 Å². The molecule has 3 nitrogen and oxygen atoms in total. The fraction of sp³-hybridized carbons (Fsp3) is 0.462. The molecule has 1 aromatic carbocycles. The van der Waals surface area contributed by atoms with Crippen LogP contribution in [0.5, 0.6) is 5.75 Å². The Hall–Kier alpha value is -1.51. The molecule has 3 heteroatoms. The van der Waals surface area contributed by atoms with Crippen molar-refractivity contribution in [3.8, 4) is 5.75 Å². The van der Waals surface area contributed by atoms with Crippen LogP contribution < -0.4 is 4.74 Å². The molecule has 86 valence electrons. The normalized spacial score (nSPS) is 14.6. The Bertz CT molecular complexity index is 394. The summed E-state index contributed by atoms with van der Waals surface area (Å²) in [5.41, 5.74) is 1.57. The summed E-state index contributed by atoms with van der Waals surface area (Å²) in [6, 6.07) is 5.37. The first-order chi connectivity index (χ1) is 7.70. The molecule has 0 radical (unpaired) electrons. The number of carbonyl (C=O) groups excluding carboxylic acids is 1. The number of hydrogen-bond donors (Lipinski definition) is 0. The number of rotatable bonds is 4. The molecule has 1 fully saturated rings. The summed E-state index contributed by atoms with van der Waals surface area (Å²) >= 11 is 0. The predicted molar refractivity (Wildman–Crippen MR) is 60.7 cm³/mol. The average molecular weight is 220 g/mol. The van der Waals surface area contributed by atoms with Gasteiger partial charge in [-0.25, -0.2) is 4.79 Å². The summed E-state index contributed by atoms with van der Waals surface area (Å²) in [6.07, 6.45) is 2.37. The number of hydrogen-bond acceptors (Lipinski definition) is 3. The third-order valence-corrected chi connectivity index (χ3v) is 2.79. The van der Waals surface area contributed by atoms with Gasteiger partial charge >= 0.3 is 5.97 Å². The van der Waals surface area contributed by atoms with E-state index < -0.39 is 0 Å². The van der Waals surface area contributed by atoms with E-state index in [-0.39, 0.29) is 5.97 Å². The Balaban J connectivity index is 2.03. The topological polar surface area (TPSA) is 35.5 Å². The lowest BCUT2D eigenvalue weighted by Crippen LogP contribution is -2.07. The molecule has 0 N–H and O–H groups in total. The van der Waals surface area contributed by atoms with Crippen molar-refractivity contribution in [2.24, 2.45) is 5.92 Å². The molecule has 0 aromatic heterocycles. The number of methoxy groups -OCH3 is 1. The minimum atomic E-state index is -0.259. The van der Waals surface area contributed by atoms with Crippen LogP contribution in [0.1, 0.15) is 28.8 Å². The van der Waals surface area contributed by atoms with Crippen molar-refractivity contribution >= 4 is 5.97 Å². The largest absolute Gasteiger partial charge is 0.496 e. The molecule has 0 atom stereocenters. The van der Waals surface area contributed by atoms with E-state index in [0.717, 1.165) is 11.3 Å². The zero-order chi connectivity index (χ0) is 11.5. The summed E-state index contributed by atoms with van der Waals surface area (Å²) in [5, 5.41) is 0. The Morgan fingerprint density at radius 1 is 1.44 bits per heavy atom. The Morgan fingerprint density at radius 2 is 2.19 bits per heavy atom. The molecule has 16 heavy (non-hydrogen) atoms. The monoisotopic (exact) mass is 220 g/mol. The average Bonchev–Trinajstić information content (AvgIpc) is 3.10. The minimum absolute atomic E-state index is 0.259. The lowest BCUT2D eigenvalue weighted by atomic mass is 10.1. The van der Waals surface area contributed by atoms with Crippen molar-refractivity contribution in [2.45, 2.75) is 19.8 Å². The van der Waals surface area contributed by atoms with Crippen molar-refractivity contribution < 1.29 is 14.3 Å². The molecule has 1 aliphatic carbocycles. The van der Waals surface area contributed by atoms with Gasteiger partial charge in [0.15, 0.2) is 0 Å². The van der Waals surface area contributed by atoms with Gasteiger partial charge in [-0.3, -0.25) is 0 Å². The molecule has 0 spiro atoms. The van der Waals surface area contributed by atoms with E-state index in [9.17, 15) is 4.79 Å². The summed E-state index contributed by atoms with van der Waals surface area (Å²) < 4.78 is 10.4. The fourth-order valence-corrected chi connectivity index (χ4v) is 1.51. The van der Waals surface area contributed by atoms with Gasteiger partial charge < -0.3 is 9.47 Å². The van der Waals surface area contributed by atoms with Crippen molar-refractivity contribution in [3.05, 3.63) is 29.3 Å². The first-order valence-electron chi connectivity index (χ1n) is 5.52. The molecule has 1 aliphatic rings. The zero-order valence-electron chi connectivity index (χ0n) is 9.66. The molecule has 1 aromatic rings. The Kier molecular flexibility index (Phi) is 3.13. The van der Waals surface area contributed by atoms with Gasteiger partial charge in [-0.05, 0) is 43.4 Å². The number of carbonyl (C=O) groups is 1. The van der Waals surface area contributed by atoms with Gasteiger partial charge in [-0.15, -0.1) is 0 Å². The van der Waals surface area contributed by atoms with Crippen LogP contribution in [0.15, 0.2) is 18.2 Å². The molecule has 0 unspecified atom stereocenters. The first-order valence-corrected chi connectivity index (χ1v) is 5.52. The molecule has 0 aliphatic heterocycles. The lowest BCUT2D eigenvalue weighted by Gasteiger charge is -2.07. The summed E-state index contributed by atoms with van der Waals surface area (Å²) in [4.78, 5) is 11.7. The van der Waals surface area contributed by atoms with E-state index in [1.807, 2.05) is 13.0 Å². The second-order valence-electron chi connectivity index (χ2n) is 4.23. The van der Waals surface area contributed by atoms with Gasteiger partial charge in [-0.1, -0.05) is 6.07 Å². The van der Waals surface area contributed by atoms with E-state index >= 15 is 0 Å². The highest BCUT2D eigenvalue weighted by Gasteiger charge is 2.23. The van der Waals surface area contributed by atoms with Crippen LogP contribution in [0.3, 0.4) is 0 Å². The SMILES string of the molecule is COc1cc(C(=O)OCC2CC2)ccc1C. The van der Waals surface area contributed by atoms with Crippen LogP contribution in [0.25, 0.3) is 0 Å². The van der Waals surface area contributed by atoms with Crippen LogP contribution in [0.2, 0.25) is 0 Å². The summed E-state index contributed by atoms with van der Waals surface area (Å²) in [6.45, 7) is 2.49. The number of benzene rings is 1. The second kappa shape index (κ2) is 4.56. The maximum absolute atomic E-state index is 11.7. The zero-order valence-corrected chi connectivity index (χ0v) is 9.66. The molecular weight excluding hydrogens is 204 g/mol. The number of ether oxygens (including phenoxy) is 2.